The first kappa shape index (κ1) is 45.3. The molecule has 10 aromatic carbocycles. The number of aromatic nitrogens is 1. The highest BCUT2D eigenvalue weighted by Gasteiger charge is 2.47. The van der Waals surface area contributed by atoms with E-state index in [1.54, 1.807) is 0 Å². The lowest BCUT2D eigenvalue weighted by Crippen LogP contribution is -2.57. The number of rotatable bonds is 4. The van der Waals surface area contributed by atoms with Gasteiger partial charge in [0, 0.05) is 72.3 Å². The number of anilines is 6. The van der Waals surface area contributed by atoms with E-state index < -0.39 is 0 Å². The van der Waals surface area contributed by atoms with Gasteiger partial charge in [-0.2, -0.15) is 0 Å². The zero-order chi connectivity index (χ0) is 51.9. The number of hydrogen-bond donors (Lipinski definition) is 0. The Kier molecular flexibility index (Phi) is 9.12. The Morgan fingerprint density at radius 1 is 0.421 bits per heavy atom. The summed E-state index contributed by atoms with van der Waals surface area (Å²) in [5.74, 6) is 0. The quantitative estimate of drug-likeness (QED) is 0.163. The number of benzene rings is 10. The van der Waals surface area contributed by atoms with Gasteiger partial charge in [-0.05, 0) is 154 Å². The predicted octanol–water partition coefficient (Wildman–Crippen LogP) is 18.0. The van der Waals surface area contributed by atoms with Crippen molar-refractivity contribution in [3.8, 4) is 33.4 Å². The van der Waals surface area contributed by atoms with Crippen LogP contribution in [0.2, 0.25) is 0 Å². The van der Waals surface area contributed by atoms with Crippen LogP contribution in [0.1, 0.15) is 103 Å². The van der Waals surface area contributed by atoms with Gasteiger partial charge >= 0.3 is 6.85 Å². The van der Waals surface area contributed by atoms with Crippen molar-refractivity contribution in [2.75, 3.05) is 9.80 Å². The summed E-state index contributed by atoms with van der Waals surface area (Å²) in [5.41, 5.74) is 27.9. The van der Waals surface area contributed by atoms with Crippen molar-refractivity contribution in [2.45, 2.75) is 90.9 Å². The van der Waals surface area contributed by atoms with Gasteiger partial charge in [0.2, 0.25) is 0 Å². The molecule has 0 radical (unpaired) electrons. The van der Waals surface area contributed by atoms with Gasteiger partial charge in [-0.15, -0.1) is 0 Å². The van der Waals surface area contributed by atoms with Crippen LogP contribution in [0.25, 0.3) is 66.0 Å². The molecular formula is C72H62BN3. The summed E-state index contributed by atoms with van der Waals surface area (Å²) in [6.07, 6.45) is 0. The third-order valence-electron chi connectivity index (χ3n) is 18.3. The van der Waals surface area contributed by atoms with E-state index in [0.717, 1.165) is 17.1 Å². The lowest BCUT2D eigenvalue weighted by atomic mass is 9.44. The van der Waals surface area contributed by atoms with Gasteiger partial charge in [0.05, 0.1) is 0 Å². The fraction of sp³-hybridized carbons (Fsp3) is 0.194. The standard InChI is InChI=1S/C72H62BN3/c1-69(2,3)44-27-31-46(32-28-44)74(47-33-29-45(30-34-47)70(4,5)6)49-39-57-53-22-17-23-54-66-50-19-12-11-18-43(50)26-37-63(66)76(68(53)54)73-62-42-61-56(52-21-14-16-25-59(52)72(61,9)10)41-64(62)75(65(40-49)67(57)73)48-35-36-60-55(38-48)51-20-13-15-24-58(51)71(60,7)8/h11-42H,1-10H3. The maximum absolute atomic E-state index is 2.74. The van der Waals surface area contributed by atoms with E-state index in [4.69, 9.17) is 0 Å². The summed E-state index contributed by atoms with van der Waals surface area (Å²) in [6, 6.07) is 75.3. The molecule has 368 valence electrons. The maximum atomic E-state index is 2.74. The molecule has 0 fully saturated rings. The number of hydrogen-bond acceptors (Lipinski definition) is 2. The van der Waals surface area contributed by atoms with Crippen molar-refractivity contribution in [2.24, 2.45) is 0 Å². The molecule has 1 aromatic heterocycles. The molecule has 11 aromatic rings. The van der Waals surface area contributed by atoms with Crippen LogP contribution in [0, 0.1) is 0 Å². The second kappa shape index (κ2) is 15.3. The molecule has 76 heavy (non-hydrogen) atoms. The molecular weight excluding hydrogens is 918 g/mol. The van der Waals surface area contributed by atoms with Crippen LogP contribution in [-0.4, -0.2) is 11.3 Å². The number of fused-ring (bicyclic) bond motifs is 15. The normalized spacial score (nSPS) is 15.1. The molecule has 0 N–H and O–H groups in total. The van der Waals surface area contributed by atoms with E-state index in [0.29, 0.717) is 0 Å². The zero-order valence-corrected chi connectivity index (χ0v) is 45.4. The van der Waals surface area contributed by atoms with Crippen LogP contribution in [0.4, 0.5) is 34.1 Å². The molecule has 4 aliphatic rings. The van der Waals surface area contributed by atoms with Crippen molar-refractivity contribution in [1.82, 2.24) is 4.48 Å². The summed E-state index contributed by atoms with van der Waals surface area (Å²) in [7, 11) is 0. The highest BCUT2D eigenvalue weighted by atomic mass is 15.2. The molecule has 3 nitrogen and oxygen atoms in total. The molecule has 0 saturated carbocycles. The summed E-state index contributed by atoms with van der Waals surface area (Å²) in [4.78, 5) is 5.17. The topological polar surface area (TPSA) is 11.4 Å². The lowest BCUT2D eigenvalue weighted by molar-refractivity contribution is 0.590. The van der Waals surface area contributed by atoms with Crippen molar-refractivity contribution < 1.29 is 0 Å². The monoisotopic (exact) mass is 980 g/mol. The van der Waals surface area contributed by atoms with Crippen molar-refractivity contribution in [3.63, 3.8) is 0 Å². The Labute approximate surface area is 448 Å². The Morgan fingerprint density at radius 3 is 1.64 bits per heavy atom. The third kappa shape index (κ3) is 6.13. The Hall–Kier alpha value is -8.08. The first-order chi connectivity index (χ1) is 36.5. The summed E-state index contributed by atoms with van der Waals surface area (Å²) < 4.78 is 2.74. The Bertz CT molecular complexity index is 4250. The minimum atomic E-state index is -0.190. The molecule has 3 heterocycles. The molecule has 0 unspecified atom stereocenters. The van der Waals surface area contributed by atoms with E-state index in [2.05, 4.69) is 278 Å². The van der Waals surface area contributed by atoms with Crippen molar-refractivity contribution in [1.29, 1.82) is 0 Å². The molecule has 15 rings (SSSR count). The van der Waals surface area contributed by atoms with Gasteiger partial charge in [0.1, 0.15) is 0 Å². The maximum Gasteiger partial charge on any atom is 0.333 e. The molecule has 0 amide bonds. The fourth-order valence-electron chi connectivity index (χ4n) is 14.3. The van der Waals surface area contributed by atoms with Crippen LogP contribution in [-0.2, 0) is 21.7 Å². The molecule has 2 aliphatic carbocycles. The molecule has 0 spiro atoms. The van der Waals surface area contributed by atoms with Gasteiger partial charge in [0.15, 0.2) is 0 Å². The van der Waals surface area contributed by atoms with Gasteiger partial charge in [-0.1, -0.05) is 203 Å². The zero-order valence-electron chi connectivity index (χ0n) is 45.4. The number of para-hydroxylation sites is 1. The largest absolute Gasteiger partial charge is 0.375 e. The van der Waals surface area contributed by atoms with E-state index >= 15 is 0 Å². The van der Waals surface area contributed by atoms with Crippen LogP contribution >= 0.6 is 0 Å². The molecule has 0 saturated heterocycles. The van der Waals surface area contributed by atoms with Crippen LogP contribution in [0.5, 0.6) is 0 Å². The van der Waals surface area contributed by atoms with Gasteiger partial charge in [-0.25, -0.2) is 0 Å². The van der Waals surface area contributed by atoms with E-state index in [-0.39, 0.29) is 28.5 Å². The SMILES string of the molecule is CC(C)(C)c1ccc(N(c2ccc(C(C)(C)C)cc2)c2cc3c4c(c2)N(c2ccc5c(c2)-c2ccccc2C5(C)C)c2cc5c(cc2B4n2c4ccc6ccccc6c4c4cccc-3c42)C(C)(C)c2ccccc2-5)cc1. The van der Waals surface area contributed by atoms with Gasteiger partial charge in [-0.3, -0.25) is 0 Å². The first-order valence-corrected chi connectivity index (χ1v) is 27.5. The fourth-order valence-corrected chi connectivity index (χ4v) is 14.3. The highest BCUT2D eigenvalue weighted by Crippen LogP contribution is 2.56. The van der Waals surface area contributed by atoms with E-state index in [1.165, 1.54) is 127 Å². The van der Waals surface area contributed by atoms with E-state index in [1.807, 2.05) is 0 Å². The molecule has 0 bridgehead atoms. The number of nitrogens with zero attached hydrogens (tertiary/aromatic N) is 3. The average molecular weight is 980 g/mol. The van der Waals surface area contributed by atoms with Crippen molar-refractivity contribution >= 4 is 84.5 Å². The average Bonchev–Trinajstić information content (AvgIpc) is 4.11. The summed E-state index contributed by atoms with van der Waals surface area (Å²) in [5, 5.41) is 5.17. The molecule has 4 heteroatoms. The summed E-state index contributed by atoms with van der Waals surface area (Å²) >= 11 is 0. The first-order valence-electron chi connectivity index (χ1n) is 27.5. The van der Waals surface area contributed by atoms with Gasteiger partial charge in [0.25, 0.3) is 0 Å². The Balaban J connectivity index is 1.09. The second-order valence-corrected chi connectivity index (χ2v) is 25.4. The third-order valence-corrected chi connectivity index (χ3v) is 18.3. The lowest BCUT2D eigenvalue weighted by Gasteiger charge is -2.42. The summed E-state index contributed by atoms with van der Waals surface area (Å²) in [6.45, 7) is 23.3. The van der Waals surface area contributed by atoms with Crippen LogP contribution in [0.3, 0.4) is 0 Å². The Morgan fingerprint density at radius 2 is 0.987 bits per heavy atom. The molecule has 0 atom stereocenters. The van der Waals surface area contributed by atoms with Crippen molar-refractivity contribution in [3.05, 3.63) is 228 Å². The van der Waals surface area contributed by atoms with Crippen LogP contribution in [0.15, 0.2) is 194 Å². The minimum absolute atomic E-state index is 0.0145. The van der Waals surface area contributed by atoms with Crippen LogP contribution < -0.4 is 20.7 Å². The smallest absolute Gasteiger partial charge is 0.333 e. The predicted molar refractivity (Wildman–Crippen MR) is 325 cm³/mol. The van der Waals surface area contributed by atoms with E-state index in [9.17, 15) is 0 Å². The second-order valence-electron chi connectivity index (χ2n) is 25.4. The highest BCUT2D eigenvalue weighted by molar-refractivity contribution is 6.90. The molecule has 2 aliphatic heterocycles. The minimum Gasteiger partial charge on any atom is -0.375 e. The van der Waals surface area contributed by atoms with Gasteiger partial charge < -0.3 is 14.3 Å².